The second-order valence-electron chi connectivity index (χ2n) is 7.07. The maximum atomic E-state index is 12.5. The Bertz CT molecular complexity index is 773. The van der Waals surface area contributed by atoms with E-state index >= 15 is 0 Å². The van der Waals surface area contributed by atoms with Crippen molar-refractivity contribution < 1.29 is 9.90 Å². The molecule has 1 aromatic heterocycles. The van der Waals surface area contributed by atoms with Gasteiger partial charge in [0.15, 0.2) is 0 Å². The highest BCUT2D eigenvalue weighted by Crippen LogP contribution is 2.37. The van der Waals surface area contributed by atoms with E-state index in [1.807, 2.05) is 25.5 Å². The first kappa shape index (κ1) is 16.7. The Hall–Kier alpha value is -2.14. The van der Waals surface area contributed by atoms with E-state index in [1.165, 1.54) is 0 Å². The minimum Gasteiger partial charge on any atom is -0.380 e. The molecule has 1 aliphatic carbocycles. The Morgan fingerprint density at radius 3 is 2.67 bits per heavy atom. The average Bonchev–Trinajstić information content (AvgIpc) is 2.80. The minimum atomic E-state index is -1.33. The fourth-order valence-corrected chi connectivity index (χ4v) is 3.13. The van der Waals surface area contributed by atoms with Crippen molar-refractivity contribution in [2.45, 2.75) is 52.6 Å². The molecule has 1 unspecified atom stereocenters. The predicted molar refractivity (Wildman–Crippen MR) is 94.4 cm³/mol. The second kappa shape index (κ2) is 6.06. The zero-order chi connectivity index (χ0) is 17.5. The van der Waals surface area contributed by atoms with Crippen LogP contribution in [0.25, 0.3) is 5.69 Å². The number of aliphatic hydroxyl groups is 1. The zero-order valence-corrected chi connectivity index (χ0v) is 14.8. The molecular formula is C19H25N3O2. The van der Waals surface area contributed by atoms with Gasteiger partial charge in [0.25, 0.3) is 5.91 Å². The largest absolute Gasteiger partial charge is 0.380 e. The van der Waals surface area contributed by atoms with Crippen LogP contribution in [-0.4, -0.2) is 26.4 Å². The number of carbonyl (C=O) groups excluding carboxylic acids is 1. The third-order valence-electron chi connectivity index (χ3n) is 5.21. The summed E-state index contributed by atoms with van der Waals surface area (Å²) in [5.74, 6) is -0.303. The number of anilines is 1. The summed E-state index contributed by atoms with van der Waals surface area (Å²) in [6.07, 6.45) is 4.53. The molecule has 2 aromatic rings. The van der Waals surface area contributed by atoms with Crippen molar-refractivity contribution in [2.75, 3.05) is 5.32 Å². The Labute approximate surface area is 142 Å². The molecule has 1 fully saturated rings. The number of nitrogens with one attached hydrogen (secondary N) is 1. The van der Waals surface area contributed by atoms with Gasteiger partial charge in [-0.1, -0.05) is 18.6 Å². The van der Waals surface area contributed by atoms with E-state index in [0.717, 1.165) is 41.8 Å². The van der Waals surface area contributed by atoms with Gasteiger partial charge in [0, 0.05) is 0 Å². The fraction of sp³-hybridized carbons (Fsp3) is 0.474. The molecule has 128 valence electrons. The van der Waals surface area contributed by atoms with Crippen molar-refractivity contribution in [1.82, 2.24) is 9.78 Å². The quantitative estimate of drug-likeness (QED) is 0.905. The summed E-state index contributed by atoms with van der Waals surface area (Å²) >= 11 is 0. The van der Waals surface area contributed by atoms with Gasteiger partial charge < -0.3 is 10.4 Å². The molecule has 1 amide bonds. The van der Waals surface area contributed by atoms with Crippen LogP contribution in [0.2, 0.25) is 0 Å². The number of hydrogen-bond donors (Lipinski definition) is 2. The lowest BCUT2D eigenvalue weighted by Gasteiger charge is -2.37. The lowest BCUT2D eigenvalue weighted by molar-refractivity contribution is -0.141. The lowest BCUT2D eigenvalue weighted by atomic mass is 9.73. The normalized spacial score (nSPS) is 17.2. The molecule has 24 heavy (non-hydrogen) atoms. The number of hydrogen-bond acceptors (Lipinski definition) is 3. The summed E-state index contributed by atoms with van der Waals surface area (Å²) in [7, 11) is 0. The standard InChI is InChI=1S/C19H25N3O2/c1-12-8-9-13(2)17(10-12)22-14(3)16(11-20-22)21-18(23)19(4,24)15-6-5-7-15/h8-11,15,24H,5-7H2,1-4H3,(H,21,23). The maximum absolute atomic E-state index is 12.5. The molecule has 0 aliphatic heterocycles. The van der Waals surface area contributed by atoms with Gasteiger partial charge >= 0.3 is 0 Å². The molecule has 5 heteroatoms. The third kappa shape index (κ3) is 2.84. The van der Waals surface area contributed by atoms with Crippen molar-refractivity contribution in [3.63, 3.8) is 0 Å². The number of benzene rings is 1. The molecule has 3 rings (SSSR count). The van der Waals surface area contributed by atoms with Gasteiger partial charge in [-0.3, -0.25) is 4.79 Å². The fourth-order valence-electron chi connectivity index (χ4n) is 3.13. The lowest BCUT2D eigenvalue weighted by Crippen LogP contribution is -2.49. The predicted octanol–water partition coefficient (Wildman–Crippen LogP) is 3.29. The SMILES string of the molecule is Cc1ccc(C)c(-n2ncc(NC(=O)C(C)(O)C3CCC3)c2C)c1. The van der Waals surface area contributed by atoms with Crippen LogP contribution in [0, 0.1) is 26.7 Å². The van der Waals surface area contributed by atoms with E-state index < -0.39 is 5.60 Å². The van der Waals surface area contributed by atoms with Crippen LogP contribution in [0.1, 0.15) is 43.0 Å². The Morgan fingerprint density at radius 1 is 1.33 bits per heavy atom. The van der Waals surface area contributed by atoms with Gasteiger partial charge in [0.05, 0.1) is 23.3 Å². The maximum Gasteiger partial charge on any atom is 0.256 e. The van der Waals surface area contributed by atoms with E-state index in [1.54, 1.807) is 13.1 Å². The van der Waals surface area contributed by atoms with Crippen molar-refractivity contribution in [3.8, 4) is 5.69 Å². The smallest absolute Gasteiger partial charge is 0.256 e. The average molecular weight is 327 g/mol. The summed E-state index contributed by atoms with van der Waals surface area (Å²) in [5.41, 5.74) is 3.43. The van der Waals surface area contributed by atoms with Crippen molar-refractivity contribution >= 4 is 11.6 Å². The molecule has 2 N–H and O–H groups in total. The van der Waals surface area contributed by atoms with Crippen LogP contribution in [-0.2, 0) is 4.79 Å². The van der Waals surface area contributed by atoms with Gasteiger partial charge in [-0.25, -0.2) is 4.68 Å². The van der Waals surface area contributed by atoms with Gasteiger partial charge in [0.2, 0.25) is 0 Å². The number of nitrogens with zero attached hydrogens (tertiary/aromatic N) is 2. The van der Waals surface area contributed by atoms with E-state index in [4.69, 9.17) is 0 Å². The first-order valence-corrected chi connectivity index (χ1v) is 8.47. The first-order chi connectivity index (χ1) is 11.3. The molecule has 0 bridgehead atoms. The minimum absolute atomic E-state index is 0.0480. The molecule has 1 heterocycles. The Morgan fingerprint density at radius 2 is 2.04 bits per heavy atom. The molecule has 1 atom stereocenters. The van der Waals surface area contributed by atoms with Crippen molar-refractivity contribution in [2.24, 2.45) is 5.92 Å². The highest BCUT2D eigenvalue weighted by molar-refractivity contribution is 5.97. The van der Waals surface area contributed by atoms with Crippen molar-refractivity contribution in [3.05, 3.63) is 41.2 Å². The summed E-state index contributed by atoms with van der Waals surface area (Å²) in [5, 5.41) is 17.8. The second-order valence-corrected chi connectivity index (χ2v) is 7.07. The van der Waals surface area contributed by atoms with Crippen LogP contribution in [0.4, 0.5) is 5.69 Å². The topological polar surface area (TPSA) is 67.2 Å². The van der Waals surface area contributed by atoms with Gasteiger partial charge in [0.1, 0.15) is 5.60 Å². The molecule has 0 radical (unpaired) electrons. The van der Waals surface area contributed by atoms with E-state index in [-0.39, 0.29) is 11.8 Å². The third-order valence-corrected chi connectivity index (χ3v) is 5.21. The molecule has 1 aliphatic rings. The van der Waals surface area contributed by atoms with Crippen LogP contribution >= 0.6 is 0 Å². The Kier molecular flexibility index (Phi) is 4.22. The van der Waals surface area contributed by atoms with E-state index in [2.05, 4.69) is 28.6 Å². The summed E-state index contributed by atoms with van der Waals surface area (Å²) in [6, 6.07) is 6.20. The van der Waals surface area contributed by atoms with E-state index in [9.17, 15) is 9.90 Å². The number of carbonyl (C=O) groups is 1. The van der Waals surface area contributed by atoms with Crippen LogP contribution in [0.5, 0.6) is 0 Å². The molecule has 5 nitrogen and oxygen atoms in total. The van der Waals surface area contributed by atoms with E-state index in [0.29, 0.717) is 5.69 Å². The molecular weight excluding hydrogens is 302 g/mol. The van der Waals surface area contributed by atoms with Crippen molar-refractivity contribution in [1.29, 1.82) is 0 Å². The monoisotopic (exact) mass is 327 g/mol. The molecule has 1 aromatic carbocycles. The molecule has 1 saturated carbocycles. The first-order valence-electron chi connectivity index (χ1n) is 8.47. The summed E-state index contributed by atoms with van der Waals surface area (Å²) < 4.78 is 1.83. The highest BCUT2D eigenvalue weighted by Gasteiger charge is 2.42. The number of amides is 1. The summed E-state index contributed by atoms with van der Waals surface area (Å²) in [4.78, 5) is 12.5. The van der Waals surface area contributed by atoms with Gasteiger partial charge in [-0.05, 0) is 63.6 Å². The zero-order valence-electron chi connectivity index (χ0n) is 14.8. The molecule has 0 spiro atoms. The number of aryl methyl sites for hydroxylation is 2. The van der Waals surface area contributed by atoms with Crippen LogP contribution in [0.15, 0.2) is 24.4 Å². The summed E-state index contributed by atoms with van der Waals surface area (Å²) in [6.45, 7) is 7.61. The van der Waals surface area contributed by atoms with Crippen LogP contribution < -0.4 is 5.32 Å². The van der Waals surface area contributed by atoms with Crippen LogP contribution in [0.3, 0.4) is 0 Å². The number of rotatable bonds is 4. The number of aromatic nitrogens is 2. The van der Waals surface area contributed by atoms with Gasteiger partial charge in [-0.15, -0.1) is 0 Å². The molecule has 0 saturated heterocycles. The highest BCUT2D eigenvalue weighted by atomic mass is 16.3. The Balaban J connectivity index is 1.85. The van der Waals surface area contributed by atoms with Gasteiger partial charge in [-0.2, -0.15) is 5.10 Å².